The van der Waals surface area contributed by atoms with Crippen LogP contribution in [0.1, 0.15) is 24.9 Å². The van der Waals surface area contributed by atoms with Crippen molar-refractivity contribution in [1.82, 2.24) is 10.2 Å². The third-order valence-electron chi connectivity index (χ3n) is 3.32. The lowest BCUT2D eigenvalue weighted by Crippen LogP contribution is -2.59. The molecular formula is C15H17ClN2O2. The Morgan fingerprint density at radius 2 is 2.00 bits per heavy atom. The van der Waals surface area contributed by atoms with Gasteiger partial charge in [0.05, 0.1) is 6.54 Å². The van der Waals surface area contributed by atoms with Gasteiger partial charge in [0.15, 0.2) is 0 Å². The highest BCUT2D eigenvalue weighted by atomic mass is 35.5. The molecule has 0 spiro atoms. The highest BCUT2D eigenvalue weighted by Gasteiger charge is 2.40. The number of rotatable bonds is 4. The van der Waals surface area contributed by atoms with Crippen LogP contribution >= 0.6 is 11.6 Å². The zero-order chi connectivity index (χ0) is 14.7. The molecule has 1 aliphatic heterocycles. The Labute approximate surface area is 123 Å². The molecule has 1 aromatic rings. The maximum absolute atomic E-state index is 12.4. The Hall–Kier alpha value is -1.81. The predicted octanol–water partition coefficient (Wildman–Crippen LogP) is 2.22. The Morgan fingerprint density at radius 3 is 2.55 bits per heavy atom. The van der Waals surface area contributed by atoms with E-state index in [-0.39, 0.29) is 18.4 Å². The number of hydrogen-bond donors (Lipinski definition) is 1. The molecular weight excluding hydrogens is 276 g/mol. The molecule has 1 saturated heterocycles. The Morgan fingerprint density at radius 1 is 1.35 bits per heavy atom. The number of nitrogens with zero attached hydrogens (tertiary/aromatic N) is 1. The van der Waals surface area contributed by atoms with Crippen molar-refractivity contribution in [3.63, 3.8) is 0 Å². The molecule has 0 radical (unpaired) electrons. The monoisotopic (exact) mass is 292 g/mol. The van der Waals surface area contributed by atoms with Gasteiger partial charge in [-0.2, -0.15) is 0 Å². The number of carbonyl (C=O) groups is 2. The molecule has 20 heavy (non-hydrogen) atoms. The maximum Gasteiger partial charge on any atom is 0.248 e. The van der Waals surface area contributed by atoms with Crippen LogP contribution in [0.5, 0.6) is 0 Å². The second-order valence-corrected chi connectivity index (χ2v) is 5.30. The van der Waals surface area contributed by atoms with E-state index in [2.05, 4.69) is 11.9 Å². The van der Waals surface area contributed by atoms with Crippen LogP contribution in [0.4, 0.5) is 0 Å². The number of benzene rings is 1. The molecule has 0 saturated carbocycles. The van der Waals surface area contributed by atoms with Crippen molar-refractivity contribution >= 4 is 23.4 Å². The van der Waals surface area contributed by atoms with Gasteiger partial charge in [0.2, 0.25) is 11.8 Å². The van der Waals surface area contributed by atoms with Crippen LogP contribution in [0, 0.1) is 0 Å². The normalized spacial score (nSPS) is 22.6. The smallest absolute Gasteiger partial charge is 0.248 e. The molecule has 2 unspecified atom stereocenters. The second-order valence-electron chi connectivity index (χ2n) is 4.77. The van der Waals surface area contributed by atoms with Crippen LogP contribution in [0.3, 0.4) is 0 Å². The van der Waals surface area contributed by atoms with Gasteiger partial charge in [-0.15, -0.1) is 0 Å². The minimum Gasteiger partial charge on any atom is -0.342 e. The van der Waals surface area contributed by atoms with Gasteiger partial charge < -0.3 is 10.2 Å². The fourth-order valence-electron chi connectivity index (χ4n) is 2.38. The summed E-state index contributed by atoms with van der Waals surface area (Å²) in [6, 6.07) is 8.06. The number of halogens is 1. The van der Waals surface area contributed by atoms with Crippen molar-refractivity contribution in [3.05, 3.63) is 47.5 Å². The lowest BCUT2D eigenvalue weighted by molar-refractivity contribution is -0.149. The molecule has 0 aliphatic carbocycles. The lowest BCUT2D eigenvalue weighted by atomic mass is 9.98. The quantitative estimate of drug-likeness (QED) is 0.925. The van der Waals surface area contributed by atoms with Crippen molar-refractivity contribution in [3.8, 4) is 0 Å². The van der Waals surface area contributed by atoms with Crippen LogP contribution in [0.15, 0.2) is 41.9 Å². The molecule has 0 bridgehead atoms. The third-order valence-corrected chi connectivity index (χ3v) is 3.44. The molecule has 2 rings (SSSR count). The Kier molecular flexibility index (Phi) is 4.45. The summed E-state index contributed by atoms with van der Waals surface area (Å²) in [4.78, 5) is 26.3. The Balaban J connectivity index is 2.38. The van der Waals surface area contributed by atoms with E-state index in [0.29, 0.717) is 11.5 Å². The van der Waals surface area contributed by atoms with Crippen molar-refractivity contribution in [2.45, 2.75) is 25.4 Å². The van der Waals surface area contributed by atoms with E-state index in [1.807, 2.05) is 37.3 Å². The predicted molar refractivity (Wildman–Crippen MR) is 78.1 cm³/mol. The average Bonchev–Trinajstić information content (AvgIpc) is 2.43. The van der Waals surface area contributed by atoms with E-state index >= 15 is 0 Å². The first-order valence-electron chi connectivity index (χ1n) is 6.53. The minimum absolute atomic E-state index is 0.122. The summed E-state index contributed by atoms with van der Waals surface area (Å²) in [5, 5.41) is 3.10. The van der Waals surface area contributed by atoms with Crippen LogP contribution in [0.25, 0.3) is 0 Å². The van der Waals surface area contributed by atoms with E-state index < -0.39 is 12.1 Å². The van der Waals surface area contributed by atoms with Crippen molar-refractivity contribution in [2.75, 3.05) is 6.54 Å². The summed E-state index contributed by atoms with van der Waals surface area (Å²) >= 11 is 5.85. The van der Waals surface area contributed by atoms with Crippen molar-refractivity contribution in [1.29, 1.82) is 0 Å². The molecule has 106 valence electrons. The number of hydrogen-bond acceptors (Lipinski definition) is 2. The van der Waals surface area contributed by atoms with Crippen LogP contribution < -0.4 is 5.32 Å². The third kappa shape index (κ3) is 2.85. The summed E-state index contributed by atoms with van der Waals surface area (Å²) in [5.74, 6) is -0.302. The van der Waals surface area contributed by atoms with Gasteiger partial charge in [0.25, 0.3) is 0 Å². The highest BCUT2D eigenvalue weighted by molar-refractivity contribution is 6.29. The topological polar surface area (TPSA) is 49.4 Å². The van der Waals surface area contributed by atoms with Gasteiger partial charge in [0.1, 0.15) is 12.1 Å². The summed E-state index contributed by atoms with van der Waals surface area (Å²) < 4.78 is 0. The van der Waals surface area contributed by atoms with Gasteiger partial charge in [-0.05, 0) is 12.0 Å². The fraction of sp³-hybridized carbons (Fsp3) is 0.333. The molecule has 1 heterocycles. The molecule has 5 heteroatoms. The molecule has 1 aromatic carbocycles. The summed E-state index contributed by atoms with van der Waals surface area (Å²) in [6.07, 6.45) is 0.553. The van der Waals surface area contributed by atoms with E-state index in [9.17, 15) is 9.59 Å². The van der Waals surface area contributed by atoms with E-state index in [1.54, 1.807) is 0 Å². The average molecular weight is 293 g/mol. The highest BCUT2D eigenvalue weighted by Crippen LogP contribution is 2.27. The number of nitrogens with one attached hydrogen (secondary N) is 1. The molecule has 1 fully saturated rings. The Bertz CT molecular complexity index is 530. The van der Waals surface area contributed by atoms with Crippen molar-refractivity contribution < 1.29 is 9.59 Å². The van der Waals surface area contributed by atoms with Crippen LogP contribution in [0.2, 0.25) is 0 Å². The number of piperazine rings is 1. The van der Waals surface area contributed by atoms with E-state index in [1.165, 1.54) is 4.90 Å². The largest absolute Gasteiger partial charge is 0.342 e. The van der Waals surface area contributed by atoms with Gasteiger partial charge in [-0.1, -0.05) is 55.4 Å². The number of carbonyl (C=O) groups excluding carboxylic acids is 2. The molecule has 1 aliphatic rings. The van der Waals surface area contributed by atoms with E-state index in [4.69, 9.17) is 11.6 Å². The zero-order valence-electron chi connectivity index (χ0n) is 11.3. The first kappa shape index (κ1) is 14.6. The molecule has 2 atom stereocenters. The van der Waals surface area contributed by atoms with Gasteiger partial charge in [-0.3, -0.25) is 9.59 Å². The molecule has 2 amide bonds. The molecule has 1 N–H and O–H groups in total. The minimum atomic E-state index is -0.651. The summed E-state index contributed by atoms with van der Waals surface area (Å²) in [6.45, 7) is 5.66. The zero-order valence-corrected chi connectivity index (χ0v) is 12.1. The number of amides is 2. The van der Waals surface area contributed by atoms with Crippen molar-refractivity contribution in [2.24, 2.45) is 0 Å². The molecule has 0 aromatic heterocycles. The second kappa shape index (κ2) is 6.09. The fourth-order valence-corrected chi connectivity index (χ4v) is 2.51. The van der Waals surface area contributed by atoms with Crippen LogP contribution in [-0.4, -0.2) is 29.3 Å². The maximum atomic E-state index is 12.4. The standard InChI is InChI=1S/C15H17ClN2O2/c1-3-12-15(20)18(9-10(2)16)13(14(19)17-12)11-7-5-4-6-8-11/h4-8,12-13H,2-3,9H2,1H3,(H,17,19). The van der Waals surface area contributed by atoms with Crippen LogP contribution in [-0.2, 0) is 9.59 Å². The first-order valence-corrected chi connectivity index (χ1v) is 6.91. The van der Waals surface area contributed by atoms with Gasteiger partial charge in [0, 0.05) is 5.03 Å². The van der Waals surface area contributed by atoms with Gasteiger partial charge >= 0.3 is 0 Å². The van der Waals surface area contributed by atoms with E-state index in [0.717, 1.165) is 5.56 Å². The summed E-state index contributed by atoms with van der Waals surface area (Å²) in [7, 11) is 0. The summed E-state index contributed by atoms with van der Waals surface area (Å²) in [5.41, 5.74) is 0.769. The molecule has 4 nitrogen and oxygen atoms in total. The first-order chi connectivity index (χ1) is 9.54. The lowest BCUT2D eigenvalue weighted by Gasteiger charge is -2.38. The SMILES string of the molecule is C=C(Cl)CN1C(=O)C(CC)NC(=O)C1c1ccccc1. The van der Waals surface area contributed by atoms with Gasteiger partial charge in [-0.25, -0.2) is 0 Å².